The van der Waals surface area contributed by atoms with Crippen molar-refractivity contribution in [2.75, 3.05) is 31.5 Å². The molecule has 0 bridgehead atoms. The summed E-state index contributed by atoms with van der Waals surface area (Å²) in [4.78, 5) is 30.0. The number of carbonyl (C=O) groups is 2. The maximum Gasteiger partial charge on any atom is 0.318 e. The third-order valence-electron chi connectivity index (χ3n) is 5.32. The van der Waals surface area contributed by atoms with Crippen LogP contribution in [0.5, 0.6) is 0 Å². The monoisotopic (exact) mass is 508 g/mol. The van der Waals surface area contributed by atoms with Gasteiger partial charge in [-0.1, -0.05) is 17.7 Å². The zero-order valence-corrected chi connectivity index (χ0v) is 19.7. The van der Waals surface area contributed by atoms with E-state index in [4.69, 9.17) is 11.6 Å². The van der Waals surface area contributed by atoms with Crippen LogP contribution in [0.25, 0.3) is 10.1 Å². The molecule has 0 aliphatic carbocycles. The van der Waals surface area contributed by atoms with E-state index in [-0.39, 0.29) is 10.6 Å². The van der Waals surface area contributed by atoms with E-state index >= 15 is 0 Å². The first kappa shape index (κ1) is 23.4. The summed E-state index contributed by atoms with van der Waals surface area (Å²) in [6.07, 6.45) is 3.52. The number of thiophene rings is 1. The molecule has 0 radical (unpaired) electrons. The van der Waals surface area contributed by atoms with Gasteiger partial charge in [0.25, 0.3) is 10.0 Å². The predicted molar refractivity (Wildman–Crippen MR) is 126 cm³/mol. The minimum atomic E-state index is -4.22. The maximum absolute atomic E-state index is 13.4. The van der Waals surface area contributed by atoms with Gasteiger partial charge in [-0.15, -0.1) is 11.3 Å². The standard InChI is InChI=1S/C21H21ClN4O5S2/c22-15-2-1-14-11-20(32-18(14)12-15)33(30,31)26(13-19(27)28)17-5-9-25(21(17)29)10-8-24-16-3-6-23-7-4-16/h1-4,6-7,11-12,17H,5,8-10,13H2,(H,23,24)(H,27,28). The van der Waals surface area contributed by atoms with E-state index in [2.05, 4.69) is 10.3 Å². The number of benzene rings is 1. The van der Waals surface area contributed by atoms with Gasteiger partial charge in [0.15, 0.2) is 0 Å². The Morgan fingerprint density at radius 1 is 1.27 bits per heavy atom. The zero-order valence-electron chi connectivity index (χ0n) is 17.3. The van der Waals surface area contributed by atoms with E-state index in [0.29, 0.717) is 34.7 Å². The third-order valence-corrected chi connectivity index (χ3v) is 8.96. The second kappa shape index (κ2) is 9.64. The topological polar surface area (TPSA) is 120 Å². The van der Waals surface area contributed by atoms with E-state index in [1.165, 1.54) is 6.07 Å². The molecule has 1 unspecified atom stereocenters. The number of rotatable bonds is 9. The average Bonchev–Trinajstić information content (AvgIpc) is 3.36. The molecular weight excluding hydrogens is 488 g/mol. The first-order valence-electron chi connectivity index (χ1n) is 10.1. The van der Waals surface area contributed by atoms with Gasteiger partial charge < -0.3 is 15.3 Å². The van der Waals surface area contributed by atoms with E-state index in [1.54, 1.807) is 47.6 Å². The number of aromatic nitrogens is 1. The van der Waals surface area contributed by atoms with Gasteiger partial charge in [-0.05, 0) is 42.1 Å². The van der Waals surface area contributed by atoms with Crippen molar-refractivity contribution in [2.24, 2.45) is 0 Å². The summed E-state index contributed by atoms with van der Waals surface area (Å²) >= 11 is 7.00. The lowest BCUT2D eigenvalue weighted by atomic mass is 10.2. The van der Waals surface area contributed by atoms with Crippen LogP contribution in [0.2, 0.25) is 5.02 Å². The molecule has 2 N–H and O–H groups in total. The molecule has 0 spiro atoms. The van der Waals surface area contributed by atoms with Crippen LogP contribution in [-0.4, -0.2) is 71.8 Å². The SMILES string of the molecule is O=C(O)CN(C1CCN(CCNc2ccncc2)C1=O)S(=O)(=O)c1cc2ccc(Cl)cc2s1. The van der Waals surface area contributed by atoms with Crippen LogP contribution in [0.15, 0.2) is 53.0 Å². The van der Waals surface area contributed by atoms with Crippen molar-refractivity contribution in [1.29, 1.82) is 0 Å². The molecule has 1 atom stereocenters. The molecule has 2 aromatic heterocycles. The number of halogens is 1. The molecule has 0 saturated carbocycles. The summed E-state index contributed by atoms with van der Waals surface area (Å²) in [6.45, 7) is 0.372. The molecule has 1 aromatic carbocycles. The highest BCUT2D eigenvalue weighted by atomic mass is 35.5. The molecule has 1 amide bonds. The molecule has 174 valence electrons. The predicted octanol–water partition coefficient (Wildman–Crippen LogP) is 2.74. The Morgan fingerprint density at radius 2 is 2.03 bits per heavy atom. The number of hydrogen-bond acceptors (Lipinski definition) is 7. The van der Waals surface area contributed by atoms with Crippen molar-refractivity contribution in [3.8, 4) is 0 Å². The average molecular weight is 509 g/mol. The van der Waals surface area contributed by atoms with Gasteiger partial charge in [-0.25, -0.2) is 8.42 Å². The lowest BCUT2D eigenvalue weighted by Gasteiger charge is -2.25. The first-order chi connectivity index (χ1) is 15.8. The van der Waals surface area contributed by atoms with E-state index < -0.39 is 34.5 Å². The maximum atomic E-state index is 13.4. The number of hydrogen-bond donors (Lipinski definition) is 2. The Kier molecular flexibility index (Phi) is 6.84. The van der Waals surface area contributed by atoms with Crippen LogP contribution in [0.1, 0.15) is 6.42 Å². The van der Waals surface area contributed by atoms with Gasteiger partial charge in [-0.3, -0.25) is 14.6 Å². The van der Waals surface area contributed by atoms with Crippen LogP contribution < -0.4 is 5.32 Å². The number of nitrogens with zero attached hydrogens (tertiary/aromatic N) is 3. The molecule has 33 heavy (non-hydrogen) atoms. The number of amides is 1. The molecule has 9 nitrogen and oxygen atoms in total. The van der Waals surface area contributed by atoms with Crippen molar-refractivity contribution in [2.45, 2.75) is 16.7 Å². The fourth-order valence-corrected chi connectivity index (χ4v) is 7.10. The highest BCUT2D eigenvalue weighted by Crippen LogP contribution is 2.34. The van der Waals surface area contributed by atoms with Gasteiger partial charge in [0.1, 0.15) is 16.8 Å². The van der Waals surface area contributed by atoms with Crippen molar-refractivity contribution in [3.05, 3.63) is 53.8 Å². The highest BCUT2D eigenvalue weighted by molar-refractivity contribution is 7.91. The van der Waals surface area contributed by atoms with Crippen LogP contribution in [0.3, 0.4) is 0 Å². The molecule has 3 heterocycles. The van der Waals surface area contributed by atoms with Gasteiger partial charge >= 0.3 is 5.97 Å². The van der Waals surface area contributed by atoms with Crippen molar-refractivity contribution in [3.63, 3.8) is 0 Å². The quantitative estimate of drug-likeness (QED) is 0.456. The summed E-state index contributed by atoms with van der Waals surface area (Å²) in [7, 11) is -4.22. The number of carbonyl (C=O) groups excluding carboxylic acids is 1. The van der Waals surface area contributed by atoms with Crippen molar-refractivity contribution < 1.29 is 23.1 Å². The van der Waals surface area contributed by atoms with E-state index in [0.717, 1.165) is 21.3 Å². The summed E-state index contributed by atoms with van der Waals surface area (Å²) in [5, 5.41) is 13.7. The smallest absolute Gasteiger partial charge is 0.318 e. The lowest BCUT2D eigenvalue weighted by Crippen LogP contribution is -2.47. The molecule has 1 fully saturated rings. The number of carboxylic acid groups (broad SMARTS) is 1. The number of nitrogens with one attached hydrogen (secondary N) is 1. The normalized spacial score (nSPS) is 16.6. The minimum Gasteiger partial charge on any atom is -0.480 e. The van der Waals surface area contributed by atoms with Crippen LogP contribution in [0.4, 0.5) is 5.69 Å². The number of carboxylic acids is 1. The summed E-state index contributed by atoms with van der Waals surface area (Å²) in [6, 6.07) is 9.02. The van der Waals surface area contributed by atoms with Gasteiger partial charge in [-0.2, -0.15) is 4.31 Å². The summed E-state index contributed by atoms with van der Waals surface area (Å²) < 4.78 is 28.3. The fraction of sp³-hybridized carbons (Fsp3) is 0.286. The highest BCUT2D eigenvalue weighted by Gasteiger charge is 2.43. The Morgan fingerprint density at radius 3 is 2.76 bits per heavy atom. The number of likely N-dealkylation sites (tertiary alicyclic amines) is 1. The van der Waals surface area contributed by atoms with Crippen LogP contribution in [-0.2, 0) is 19.6 Å². The number of pyridine rings is 1. The number of aliphatic carboxylic acids is 1. The van der Waals surface area contributed by atoms with Gasteiger partial charge in [0, 0.05) is 47.4 Å². The number of anilines is 1. The lowest BCUT2D eigenvalue weighted by molar-refractivity contribution is -0.138. The van der Waals surface area contributed by atoms with Gasteiger partial charge in [0.05, 0.1) is 0 Å². The van der Waals surface area contributed by atoms with E-state index in [9.17, 15) is 23.1 Å². The van der Waals surface area contributed by atoms with Crippen molar-refractivity contribution in [1.82, 2.24) is 14.2 Å². The van der Waals surface area contributed by atoms with Crippen LogP contribution >= 0.6 is 22.9 Å². The second-order valence-corrected chi connectivity index (χ2v) is 11.1. The molecule has 1 aliphatic heterocycles. The third kappa shape index (κ3) is 5.11. The Hall–Kier alpha value is -2.73. The molecule has 4 rings (SSSR count). The number of sulfonamides is 1. The largest absolute Gasteiger partial charge is 0.480 e. The fourth-order valence-electron chi connectivity index (χ4n) is 3.74. The Labute approximate surface area is 199 Å². The van der Waals surface area contributed by atoms with Crippen LogP contribution in [0, 0.1) is 0 Å². The first-order valence-corrected chi connectivity index (χ1v) is 12.7. The van der Waals surface area contributed by atoms with Gasteiger partial charge in [0.2, 0.25) is 5.91 Å². The molecule has 1 saturated heterocycles. The van der Waals surface area contributed by atoms with E-state index in [1.807, 2.05) is 0 Å². The summed E-state index contributed by atoms with van der Waals surface area (Å²) in [5.41, 5.74) is 0.855. The molecule has 12 heteroatoms. The minimum absolute atomic E-state index is 0.0216. The molecule has 1 aliphatic rings. The second-order valence-electron chi connectivity index (χ2n) is 7.48. The zero-order chi connectivity index (χ0) is 23.6. The van der Waals surface area contributed by atoms with Crippen molar-refractivity contribution >= 4 is 60.6 Å². The Bertz CT molecular complexity index is 1280. The Balaban J connectivity index is 1.52. The molecular formula is C21H21ClN4O5S2. The number of fused-ring (bicyclic) bond motifs is 1. The molecule has 3 aromatic rings. The summed E-state index contributed by atoms with van der Waals surface area (Å²) in [5.74, 6) is -1.73.